The number of H-pyrrole nitrogens is 1. The highest BCUT2D eigenvalue weighted by atomic mass is 35.5. The summed E-state index contributed by atoms with van der Waals surface area (Å²) in [6.45, 7) is 6.48. The molecule has 1 N–H and O–H groups in total. The van der Waals surface area contributed by atoms with Crippen LogP contribution >= 0.6 is 23.2 Å². The van der Waals surface area contributed by atoms with Crippen molar-refractivity contribution in [1.29, 1.82) is 5.26 Å². The molecule has 0 aliphatic rings. The van der Waals surface area contributed by atoms with Gasteiger partial charge in [-0.15, -0.1) is 10.2 Å². The minimum Gasteiger partial charge on any atom is -0.442 e. The third kappa shape index (κ3) is 5.64. The summed E-state index contributed by atoms with van der Waals surface area (Å²) >= 11 is 12.7. The molecule has 2 aromatic heterocycles. The SMILES string of the molecule is CC(C)C(=O)OCn1nc(Oc2c(Cl)cc(-n3nc(C#N)c(=O)[nH]c3=O)cc2Cl)cc(C(C)C)c1=O. The molecule has 0 saturated carbocycles. The molecule has 0 atom stereocenters. The van der Waals surface area contributed by atoms with Gasteiger partial charge in [0.25, 0.3) is 11.1 Å². The second kappa shape index (κ2) is 10.8. The van der Waals surface area contributed by atoms with E-state index in [0.717, 1.165) is 9.36 Å². The fourth-order valence-corrected chi connectivity index (χ4v) is 3.45. The van der Waals surface area contributed by atoms with Crippen molar-refractivity contribution in [1.82, 2.24) is 24.5 Å². The molecule has 2 heterocycles. The Balaban J connectivity index is 2.02. The van der Waals surface area contributed by atoms with Crippen LogP contribution < -0.4 is 21.5 Å². The molecule has 36 heavy (non-hydrogen) atoms. The van der Waals surface area contributed by atoms with Gasteiger partial charge in [0, 0.05) is 11.6 Å². The largest absolute Gasteiger partial charge is 0.442 e. The zero-order valence-electron chi connectivity index (χ0n) is 19.5. The predicted octanol–water partition coefficient (Wildman–Crippen LogP) is 2.73. The molecule has 0 unspecified atom stereocenters. The van der Waals surface area contributed by atoms with E-state index in [0.29, 0.717) is 5.56 Å². The first-order valence-electron chi connectivity index (χ1n) is 10.5. The van der Waals surface area contributed by atoms with Gasteiger partial charge < -0.3 is 9.47 Å². The van der Waals surface area contributed by atoms with Crippen LogP contribution in [-0.2, 0) is 16.3 Å². The molecular formula is C22H20Cl2N6O6. The summed E-state index contributed by atoms with van der Waals surface area (Å²) in [5, 5.41) is 16.7. The number of nitrogens with zero attached hydrogens (tertiary/aromatic N) is 5. The Morgan fingerprint density at radius 2 is 1.75 bits per heavy atom. The van der Waals surface area contributed by atoms with E-state index in [1.807, 2.05) is 4.98 Å². The van der Waals surface area contributed by atoms with Crippen LogP contribution in [0.5, 0.6) is 11.6 Å². The maximum absolute atomic E-state index is 12.8. The first-order chi connectivity index (χ1) is 16.9. The van der Waals surface area contributed by atoms with Gasteiger partial charge in [0.2, 0.25) is 11.6 Å². The maximum atomic E-state index is 12.8. The van der Waals surface area contributed by atoms with Crippen molar-refractivity contribution in [3.05, 3.63) is 70.7 Å². The van der Waals surface area contributed by atoms with Crippen molar-refractivity contribution >= 4 is 29.2 Å². The monoisotopic (exact) mass is 534 g/mol. The number of aromatic nitrogens is 5. The lowest BCUT2D eigenvalue weighted by Crippen LogP contribution is -2.33. The second-order valence-corrected chi connectivity index (χ2v) is 8.93. The average molecular weight is 535 g/mol. The number of nitriles is 1. The van der Waals surface area contributed by atoms with E-state index in [2.05, 4.69) is 10.2 Å². The summed E-state index contributed by atoms with van der Waals surface area (Å²) in [5.41, 5.74) is -2.44. The number of carbonyl (C=O) groups excluding carboxylic acids is 1. The van der Waals surface area contributed by atoms with E-state index in [9.17, 15) is 19.2 Å². The van der Waals surface area contributed by atoms with Crippen LogP contribution in [0.1, 0.15) is 44.9 Å². The van der Waals surface area contributed by atoms with E-state index >= 15 is 0 Å². The smallest absolute Gasteiger partial charge is 0.349 e. The highest BCUT2D eigenvalue weighted by Crippen LogP contribution is 2.37. The highest BCUT2D eigenvalue weighted by molar-refractivity contribution is 6.37. The molecule has 12 nitrogen and oxygen atoms in total. The van der Waals surface area contributed by atoms with E-state index < -0.39 is 41.1 Å². The van der Waals surface area contributed by atoms with Gasteiger partial charge in [0.15, 0.2) is 12.5 Å². The maximum Gasteiger partial charge on any atom is 0.349 e. The van der Waals surface area contributed by atoms with E-state index in [1.54, 1.807) is 33.8 Å². The summed E-state index contributed by atoms with van der Waals surface area (Å²) in [7, 11) is 0. The number of ether oxygens (including phenoxy) is 2. The molecule has 0 fully saturated rings. The van der Waals surface area contributed by atoms with Crippen LogP contribution in [0.3, 0.4) is 0 Å². The highest BCUT2D eigenvalue weighted by Gasteiger charge is 2.19. The lowest BCUT2D eigenvalue weighted by Gasteiger charge is -2.15. The van der Waals surface area contributed by atoms with Gasteiger partial charge in [0.05, 0.1) is 21.7 Å². The third-order valence-corrected chi connectivity index (χ3v) is 5.33. The summed E-state index contributed by atoms with van der Waals surface area (Å²) in [5.74, 6) is -1.22. The minimum atomic E-state index is -0.933. The van der Waals surface area contributed by atoms with Crippen molar-refractivity contribution in [3.63, 3.8) is 0 Å². The Bertz CT molecular complexity index is 1530. The van der Waals surface area contributed by atoms with Crippen LogP contribution in [0.2, 0.25) is 10.0 Å². The normalized spacial score (nSPS) is 11.0. The Morgan fingerprint density at radius 1 is 1.11 bits per heavy atom. The molecule has 0 bridgehead atoms. The van der Waals surface area contributed by atoms with Gasteiger partial charge in [-0.25, -0.2) is 4.79 Å². The molecule has 3 aromatic rings. The molecule has 1 aromatic carbocycles. The van der Waals surface area contributed by atoms with Crippen LogP contribution in [-0.4, -0.2) is 30.5 Å². The predicted molar refractivity (Wildman–Crippen MR) is 129 cm³/mol. The lowest BCUT2D eigenvalue weighted by atomic mass is 10.1. The number of nitrogens with one attached hydrogen (secondary N) is 1. The number of halogens is 2. The van der Waals surface area contributed by atoms with Gasteiger partial charge in [-0.3, -0.25) is 19.4 Å². The number of esters is 1. The zero-order valence-corrected chi connectivity index (χ0v) is 21.0. The zero-order chi connectivity index (χ0) is 26.7. The molecule has 188 valence electrons. The Hall–Kier alpha value is -3.95. The molecule has 0 spiro atoms. The fourth-order valence-electron chi connectivity index (χ4n) is 2.90. The Kier molecular flexibility index (Phi) is 7.96. The summed E-state index contributed by atoms with van der Waals surface area (Å²) in [4.78, 5) is 50.4. The Labute approximate surface area is 213 Å². The van der Waals surface area contributed by atoms with Crippen molar-refractivity contribution in [3.8, 4) is 23.4 Å². The standard InChI is InChI=1S/C22H20Cl2N6O6/c1-10(2)13-7-17(28-29(20(13)32)9-35-21(33)11(3)4)36-18-14(23)5-12(6-15(18)24)30-22(34)26-19(31)16(8-25)27-30/h5-7,10-11H,9H2,1-4H3,(H,26,31,34). The lowest BCUT2D eigenvalue weighted by molar-refractivity contribution is -0.151. The number of benzene rings is 1. The molecule has 0 aliphatic heterocycles. The van der Waals surface area contributed by atoms with Crippen molar-refractivity contribution in [2.24, 2.45) is 5.92 Å². The number of carbonyl (C=O) groups is 1. The fraction of sp³-hybridized carbons (Fsp3) is 0.318. The van der Waals surface area contributed by atoms with Crippen molar-refractivity contribution in [2.45, 2.75) is 40.3 Å². The van der Waals surface area contributed by atoms with Gasteiger partial charge in [-0.2, -0.15) is 14.6 Å². The molecule has 3 rings (SSSR count). The first-order valence-corrected chi connectivity index (χ1v) is 11.3. The summed E-state index contributed by atoms with van der Waals surface area (Å²) < 4.78 is 12.6. The topological polar surface area (TPSA) is 162 Å². The number of aromatic amines is 1. The molecule has 0 aliphatic carbocycles. The van der Waals surface area contributed by atoms with Crippen molar-refractivity contribution < 1.29 is 14.3 Å². The van der Waals surface area contributed by atoms with Crippen LogP contribution in [0.15, 0.2) is 32.6 Å². The van der Waals surface area contributed by atoms with E-state index in [1.165, 1.54) is 18.2 Å². The van der Waals surface area contributed by atoms with E-state index in [4.69, 9.17) is 37.9 Å². The van der Waals surface area contributed by atoms with Gasteiger partial charge in [-0.1, -0.05) is 50.9 Å². The number of hydrogen-bond donors (Lipinski definition) is 1. The van der Waals surface area contributed by atoms with Crippen LogP contribution in [0.25, 0.3) is 5.69 Å². The molecule has 0 amide bonds. The number of hydrogen-bond acceptors (Lipinski definition) is 9. The average Bonchev–Trinajstić information content (AvgIpc) is 2.80. The summed E-state index contributed by atoms with van der Waals surface area (Å²) in [6.07, 6.45) is 0. The minimum absolute atomic E-state index is 0.0494. The van der Waals surface area contributed by atoms with Gasteiger partial charge in [0.1, 0.15) is 6.07 Å². The molecule has 0 saturated heterocycles. The van der Waals surface area contributed by atoms with Crippen LogP contribution in [0.4, 0.5) is 0 Å². The quantitative estimate of drug-likeness (QED) is 0.448. The Morgan fingerprint density at radius 3 is 2.31 bits per heavy atom. The van der Waals surface area contributed by atoms with Gasteiger partial charge in [-0.05, 0) is 18.1 Å². The second-order valence-electron chi connectivity index (χ2n) is 8.12. The molecule has 14 heteroatoms. The molecule has 0 radical (unpaired) electrons. The number of rotatable bonds is 7. The van der Waals surface area contributed by atoms with Crippen LogP contribution in [0, 0.1) is 17.2 Å². The van der Waals surface area contributed by atoms with E-state index in [-0.39, 0.29) is 33.3 Å². The first kappa shape index (κ1) is 26.7. The molecular weight excluding hydrogens is 515 g/mol. The van der Waals surface area contributed by atoms with Crippen molar-refractivity contribution in [2.75, 3.05) is 0 Å². The summed E-state index contributed by atoms with van der Waals surface area (Å²) in [6, 6.07) is 5.56. The van der Waals surface area contributed by atoms with Gasteiger partial charge >= 0.3 is 11.7 Å². The third-order valence-electron chi connectivity index (χ3n) is 4.77.